The van der Waals surface area contributed by atoms with Crippen molar-refractivity contribution in [1.82, 2.24) is 4.90 Å². The van der Waals surface area contributed by atoms with E-state index >= 15 is 0 Å². The minimum atomic E-state index is -0.106. The van der Waals surface area contributed by atoms with E-state index in [2.05, 4.69) is 0 Å². The lowest BCUT2D eigenvalue weighted by molar-refractivity contribution is 0.103. The van der Waals surface area contributed by atoms with Gasteiger partial charge >= 0.3 is 6.09 Å². The molecule has 1 aliphatic heterocycles. The Kier molecular flexibility index (Phi) is 2.71. The van der Waals surface area contributed by atoms with Crippen LogP contribution in [0.5, 0.6) is 0 Å². The first-order valence-electron chi connectivity index (χ1n) is 5.28. The van der Waals surface area contributed by atoms with Gasteiger partial charge in [0, 0.05) is 13.1 Å². The molecule has 0 spiro atoms. The van der Waals surface area contributed by atoms with Gasteiger partial charge in [0.1, 0.15) is 0 Å². The first-order chi connectivity index (χ1) is 6.36. The molecule has 0 atom stereocenters. The van der Waals surface area contributed by atoms with Crippen LogP contribution in [-0.4, -0.2) is 30.7 Å². The van der Waals surface area contributed by atoms with Crippen molar-refractivity contribution in [3.8, 4) is 0 Å². The average molecular weight is 183 g/mol. The Hall–Kier alpha value is -0.730. The van der Waals surface area contributed by atoms with Crippen LogP contribution >= 0.6 is 0 Å². The van der Waals surface area contributed by atoms with E-state index in [0.29, 0.717) is 12.5 Å². The maximum atomic E-state index is 11.2. The maximum Gasteiger partial charge on any atom is 0.409 e. The number of hydrogen-bond acceptors (Lipinski definition) is 2. The highest BCUT2D eigenvalue weighted by atomic mass is 16.6. The highest BCUT2D eigenvalue weighted by Crippen LogP contribution is 2.24. The van der Waals surface area contributed by atoms with Crippen molar-refractivity contribution in [1.29, 1.82) is 0 Å². The Morgan fingerprint density at radius 1 is 1.23 bits per heavy atom. The van der Waals surface area contributed by atoms with Gasteiger partial charge in [-0.25, -0.2) is 4.79 Å². The van der Waals surface area contributed by atoms with Gasteiger partial charge in [0.2, 0.25) is 0 Å². The molecule has 1 saturated carbocycles. The van der Waals surface area contributed by atoms with Crippen LogP contribution in [0.1, 0.15) is 32.1 Å². The third kappa shape index (κ3) is 2.61. The Morgan fingerprint density at radius 3 is 2.54 bits per heavy atom. The molecule has 0 radical (unpaired) electrons. The summed E-state index contributed by atoms with van der Waals surface area (Å²) in [4.78, 5) is 12.9. The van der Waals surface area contributed by atoms with Crippen molar-refractivity contribution in [2.75, 3.05) is 19.7 Å². The van der Waals surface area contributed by atoms with Crippen LogP contribution < -0.4 is 0 Å². The summed E-state index contributed by atoms with van der Waals surface area (Å²) in [6.07, 6.45) is 6.36. The molecule has 0 unspecified atom stereocenters. The molecular formula is C10H17NO2. The van der Waals surface area contributed by atoms with Crippen molar-refractivity contribution < 1.29 is 9.53 Å². The topological polar surface area (TPSA) is 29.3 Å². The molecule has 0 N–H and O–H groups in total. The molecule has 3 nitrogen and oxygen atoms in total. The van der Waals surface area contributed by atoms with Crippen LogP contribution in [0, 0.1) is 5.92 Å². The highest BCUT2D eigenvalue weighted by Gasteiger charge is 2.26. The maximum absolute atomic E-state index is 11.2. The standard InChI is InChI=1S/C10H17NO2/c12-10(11-6-7-11)13-8-9-4-2-1-3-5-9/h9H,1-8H2. The van der Waals surface area contributed by atoms with Crippen LogP contribution in [0.2, 0.25) is 0 Å². The average Bonchev–Trinajstić information content (AvgIpc) is 2.99. The molecule has 0 aromatic rings. The second kappa shape index (κ2) is 3.99. The lowest BCUT2D eigenvalue weighted by Crippen LogP contribution is -2.19. The molecule has 74 valence electrons. The van der Waals surface area contributed by atoms with Gasteiger partial charge in [0.25, 0.3) is 0 Å². The Labute approximate surface area is 79.0 Å². The van der Waals surface area contributed by atoms with Gasteiger partial charge in [-0.3, -0.25) is 0 Å². The zero-order valence-electron chi connectivity index (χ0n) is 8.00. The summed E-state index contributed by atoms with van der Waals surface area (Å²) in [6.45, 7) is 2.43. The van der Waals surface area contributed by atoms with Crippen molar-refractivity contribution in [3.05, 3.63) is 0 Å². The molecule has 2 rings (SSSR count). The van der Waals surface area contributed by atoms with Gasteiger partial charge in [-0.05, 0) is 18.8 Å². The Morgan fingerprint density at radius 2 is 1.92 bits per heavy atom. The largest absolute Gasteiger partial charge is 0.449 e. The smallest absolute Gasteiger partial charge is 0.409 e. The van der Waals surface area contributed by atoms with Crippen LogP contribution in [0.4, 0.5) is 4.79 Å². The van der Waals surface area contributed by atoms with Gasteiger partial charge in [-0.15, -0.1) is 0 Å². The third-order valence-electron chi connectivity index (χ3n) is 2.87. The summed E-state index contributed by atoms with van der Waals surface area (Å²) >= 11 is 0. The number of nitrogens with zero attached hydrogens (tertiary/aromatic N) is 1. The van der Waals surface area contributed by atoms with Crippen LogP contribution in [0.15, 0.2) is 0 Å². The molecule has 0 aromatic heterocycles. The van der Waals surface area contributed by atoms with E-state index in [9.17, 15) is 4.79 Å². The molecule has 1 amide bonds. The highest BCUT2D eigenvalue weighted by molar-refractivity contribution is 5.69. The van der Waals surface area contributed by atoms with E-state index in [1.807, 2.05) is 0 Å². The predicted octanol–water partition coefficient (Wildman–Crippen LogP) is 2.02. The van der Waals surface area contributed by atoms with Gasteiger partial charge in [-0.2, -0.15) is 0 Å². The summed E-state index contributed by atoms with van der Waals surface area (Å²) in [5, 5.41) is 0. The molecule has 3 heteroatoms. The fraction of sp³-hybridized carbons (Fsp3) is 0.900. The van der Waals surface area contributed by atoms with Crippen LogP contribution in [0.3, 0.4) is 0 Å². The summed E-state index contributed by atoms with van der Waals surface area (Å²) in [6, 6.07) is 0. The minimum Gasteiger partial charge on any atom is -0.449 e. The molecule has 1 aliphatic carbocycles. The molecule has 0 bridgehead atoms. The number of carbonyl (C=O) groups is 1. The molecular weight excluding hydrogens is 166 g/mol. The van der Waals surface area contributed by atoms with E-state index < -0.39 is 0 Å². The van der Waals surface area contributed by atoms with Crippen molar-refractivity contribution in [2.24, 2.45) is 5.92 Å². The van der Waals surface area contributed by atoms with E-state index in [0.717, 1.165) is 13.1 Å². The Bertz CT molecular complexity index is 183. The zero-order chi connectivity index (χ0) is 9.10. The molecule has 1 heterocycles. The summed E-state index contributed by atoms with van der Waals surface area (Å²) in [5.74, 6) is 0.637. The van der Waals surface area contributed by atoms with E-state index in [-0.39, 0.29) is 6.09 Å². The van der Waals surface area contributed by atoms with Gasteiger partial charge in [0.15, 0.2) is 0 Å². The normalized spacial score (nSPS) is 22.9. The molecule has 0 aromatic carbocycles. The summed E-state index contributed by atoms with van der Waals surface area (Å²) in [7, 11) is 0. The molecule has 2 fully saturated rings. The SMILES string of the molecule is O=C(OCC1CCCCC1)N1CC1. The quantitative estimate of drug-likeness (QED) is 0.613. The molecule has 1 saturated heterocycles. The molecule has 13 heavy (non-hydrogen) atoms. The minimum absolute atomic E-state index is 0.106. The van der Waals surface area contributed by atoms with Crippen molar-refractivity contribution in [3.63, 3.8) is 0 Å². The van der Waals surface area contributed by atoms with Crippen molar-refractivity contribution in [2.45, 2.75) is 32.1 Å². The number of carbonyl (C=O) groups excluding carboxylic acids is 1. The molecule has 2 aliphatic rings. The van der Waals surface area contributed by atoms with Crippen LogP contribution in [0.25, 0.3) is 0 Å². The van der Waals surface area contributed by atoms with Gasteiger partial charge < -0.3 is 9.64 Å². The third-order valence-corrected chi connectivity index (χ3v) is 2.87. The van der Waals surface area contributed by atoms with Gasteiger partial charge in [-0.1, -0.05) is 19.3 Å². The second-order valence-corrected chi connectivity index (χ2v) is 4.07. The van der Waals surface area contributed by atoms with Crippen molar-refractivity contribution >= 4 is 6.09 Å². The second-order valence-electron chi connectivity index (χ2n) is 4.07. The Balaban J connectivity index is 1.62. The number of ether oxygens (including phenoxy) is 1. The van der Waals surface area contributed by atoms with E-state index in [1.165, 1.54) is 32.1 Å². The fourth-order valence-electron chi connectivity index (χ4n) is 1.87. The lowest BCUT2D eigenvalue weighted by atomic mass is 9.90. The van der Waals surface area contributed by atoms with E-state index in [4.69, 9.17) is 4.74 Å². The zero-order valence-corrected chi connectivity index (χ0v) is 8.00. The number of rotatable bonds is 2. The summed E-state index contributed by atoms with van der Waals surface area (Å²) in [5.41, 5.74) is 0. The first kappa shape index (κ1) is 8.85. The predicted molar refractivity (Wildman–Crippen MR) is 49.5 cm³/mol. The fourth-order valence-corrected chi connectivity index (χ4v) is 1.87. The van der Waals surface area contributed by atoms with Crippen LogP contribution in [-0.2, 0) is 4.74 Å². The lowest BCUT2D eigenvalue weighted by Gasteiger charge is -2.20. The first-order valence-corrected chi connectivity index (χ1v) is 5.28. The van der Waals surface area contributed by atoms with E-state index in [1.54, 1.807) is 4.90 Å². The monoisotopic (exact) mass is 183 g/mol. The number of hydrogen-bond donors (Lipinski definition) is 0. The summed E-state index contributed by atoms with van der Waals surface area (Å²) < 4.78 is 5.19. The van der Waals surface area contributed by atoms with Gasteiger partial charge in [0.05, 0.1) is 6.61 Å². The number of amides is 1.